The maximum absolute atomic E-state index is 13.8. The first-order chi connectivity index (χ1) is 18.3. The number of fused-ring (bicyclic) bond motifs is 4. The fourth-order valence-corrected chi connectivity index (χ4v) is 8.43. The summed E-state index contributed by atoms with van der Waals surface area (Å²) in [6.07, 6.45) is 1.23. The number of aromatic hydroxyl groups is 1. The van der Waals surface area contributed by atoms with Gasteiger partial charge in [-0.3, -0.25) is 33.8 Å². The fourth-order valence-electron chi connectivity index (χ4n) is 6.56. The van der Waals surface area contributed by atoms with E-state index >= 15 is 0 Å². The summed E-state index contributed by atoms with van der Waals surface area (Å²) < 4.78 is 5.81. The van der Waals surface area contributed by atoms with Gasteiger partial charge in [0.2, 0.25) is 11.8 Å². The van der Waals surface area contributed by atoms with Crippen LogP contribution in [0.25, 0.3) is 0 Å². The second-order valence-electron chi connectivity index (χ2n) is 10.0. The minimum Gasteiger partial charge on any atom is -0.504 e. The molecule has 4 amide bonds. The number of benzene rings is 1. The van der Waals surface area contributed by atoms with Gasteiger partial charge in [-0.1, -0.05) is 43.5 Å². The summed E-state index contributed by atoms with van der Waals surface area (Å²) in [5, 5.41) is 20.3. The van der Waals surface area contributed by atoms with Crippen molar-refractivity contribution in [3.63, 3.8) is 0 Å². The van der Waals surface area contributed by atoms with E-state index in [1.165, 1.54) is 13.2 Å². The molecular formula is C25H22Br2Cl2N2O8. The monoisotopic (exact) mass is 706 g/mol. The van der Waals surface area contributed by atoms with Gasteiger partial charge in [0.25, 0.3) is 11.8 Å². The Labute approximate surface area is 249 Å². The number of phenols is 1. The molecule has 2 heterocycles. The number of likely N-dealkylation sites (tertiary alicyclic amines) is 2. The van der Waals surface area contributed by atoms with Crippen molar-refractivity contribution < 1.29 is 38.9 Å². The molecule has 2 aliphatic heterocycles. The fraction of sp³-hybridized carbons (Fsp3) is 0.480. The quantitative estimate of drug-likeness (QED) is 0.199. The van der Waals surface area contributed by atoms with Crippen molar-refractivity contribution in [3.05, 3.63) is 33.8 Å². The molecule has 2 N–H and O–H groups in total. The number of carboxylic acids is 1. The average molecular weight is 709 g/mol. The summed E-state index contributed by atoms with van der Waals surface area (Å²) in [6.45, 7) is -0.282. The highest BCUT2D eigenvalue weighted by atomic mass is 79.9. The topological polar surface area (TPSA) is 142 Å². The van der Waals surface area contributed by atoms with Crippen LogP contribution in [0.3, 0.4) is 0 Å². The molecule has 1 aromatic rings. The van der Waals surface area contributed by atoms with Crippen molar-refractivity contribution in [1.29, 1.82) is 0 Å². The molecule has 0 unspecified atom stereocenters. The van der Waals surface area contributed by atoms with E-state index in [9.17, 15) is 29.1 Å². The first kappa shape index (κ1) is 28.4. The summed E-state index contributed by atoms with van der Waals surface area (Å²) in [5.41, 5.74) is 0.481. The summed E-state index contributed by atoms with van der Waals surface area (Å²) >= 11 is 20.8. The highest BCUT2D eigenvalue weighted by Crippen LogP contribution is 2.66. The lowest BCUT2D eigenvalue weighted by molar-refractivity contribution is -0.143. The first-order valence-electron chi connectivity index (χ1n) is 12.0. The highest BCUT2D eigenvalue weighted by Gasteiger charge is 2.76. The van der Waals surface area contributed by atoms with Crippen molar-refractivity contribution >= 4 is 84.7 Å². The zero-order chi connectivity index (χ0) is 28.6. The molecule has 2 aliphatic carbocycles. The number of aliphatic carboxylic acids is 1. The summed E-state index contributed by atoms with van der Waals surface area (Å²) in [5.74, 6) is -7.65. The first-order valence-corrected chi connectivity index (χ1v) is 14.6. The Balaban J connectivity index is 1.71. The number of methoxy groups -OCH3 is 1. The Bertz CT molecular complexity index is 1370. The van der Waals surface area contributed by atoms with E-state index < -0.39 is 69.4 Å². The molecule has 10 nitrogen and oxygen atoms in total. The largest absolute Gasteiger partial charge is 0.504 e. The van der Waals surface area contributed by atoms with Crippen LogP contribution in [0.4, 0.5) is 0 Å². The molecule has 0 radical (unpaired) electrons. The third-order valence-electron chi connectivity index (χ3n) is 8.26. The van der Waals surface area contributed by atoms with Gasteiger partial charge in [-0.15, -0.1) is 23.2 Å². The number of ether oxygens (including phenoxy) is 1. The van der Waals surface area contributed by atoms with Gasteiger partial charge in [-0.05, 0) is 30.9 Å². The van der Waals surface area contributed by atoms with E-state index in [4.69, 9.17) is 33.0 Å². The third-order valence-corrected chi connectivity index (χ3v) is 10.6. The van der Waals surface area contributed by atoms with Gasteiger partial charge in [0.05, 0.1) is 30.8 Å². The molecule has 1 saturated carbocycles. The van der Waals surface area contributed by atoms with E-state index in [0.717, 1.165) is 9.80 Å². The number of nitrogens with zero attached hydrogens (tertiary/aromatic N) is 2. The molecule has 14 heteroatoms. The van der Waals surface area contributed by atoms with Crippen molar-refractivity contribution in [1.82, 2.24) is 9.80 Å². The van der Waals surface area contributed by atoms with E-state index in [1.807, 2.05) is 0 Å². The van der Waals surface area contributed by atoms with Gasteiger partial charge in [0.15, 0.2) is 21.2 Å². The van der Waals surface area contributed by atoms with E-state index in [1.54, 1.807) is 12.1 Å². The molecule has 208 valence electrons. The second-order valence-corrected chi connectivity index (χ2v) is 12.7. The van der Waals surface area contributed by atoms with Crippen molar-refractivity contribution in [2.75, 3.05) is 19.1 Å². The molecule has 39 heavy (non-hydrogen) atoms. The van der Waals surface area contributed by atoms with Crippen LogP contribution in [0, 0.1) is 17.8 Å². The van der Waals surface area contributed by atoms with Crippen LogP contribution in [0.15, 0.2) is 28.3 Å². The predicted octanol–water partition coefficient (Wildman–Crippen LogP) is 3.35. The van der Waals surface area contributed by atoms with Crippen molar-refractivity contribution in [3.8, 4) is 11.5 Å². The average Bonchev–Trinajstić information content (AvgIpc) is 3.21. The number of allylic oxidation sites excluding steroid dienone is 2. The zero-order valence-electron chi connectivity index (χ0n) is 20.3. The number of carboxylic acid groups (broad SMARTS) is 1. The van der Waals surface area contributed by atoms with E-state index in [2.05, 4.69) is 31.9 Å². The van der Waals surface area contributed by atoms with Crippen LogP contribution >= 0.6 is 55.1 Å². The Morgan fingerprint density at radius 1 is 1.13 bits per heavy atom. The van der Waals surface area contributed by atoms with Gasteiger partial charge in [-0.25, -0.2) is 0 Å². The third kappa shape index (κ3) is 3.81. The molecule has 0 aromatic heterocycles. The van der Waals surface area contributed by atoms with Gasteiger partial charge in [0.1, 0.15) is 0 Å². The number of phenolic OH excluding ortho intramolecular Hbond substituents is 1. The van der Waals surface area contributed by atoms with Crippen LogP contribution in [-0.2, 0) is 24.0 Å². The molecule has 0 spiro atoms. The van der Waals surface area contributed by atoms with Crippen molar-refractivity contribution in [2.45, 2.75) is 34.9 Å². The molecule has 6 atom stereocenters. The molecule has 3 fully saturated rings. The SMILES string of the molecule is COc1cc(Br)cc([C@H]2C3=CC[C@@H]4C(=O)N(CCC(=O)O)C(=O)[C@@H]4[C@@H]3C[C@@]3(Cl)C(=O)N(CBr)C(=O)[C@@]23Cl)c1O. The summed E-state index contributed by atoms with van der Waals surface area (Å²) in [6, 6.07) is 3.07. The maximum atomic E-state index is 13.8. The number of hydrogen-bond donors (Lipinski definition) is 2. The Morgan fingerprint density at radius 2 is 1.82 bits per heavy atom. The summed E-state index contributed by atoms with van der Waals surface area (Å²) in [7, 11) is 1.35. The minimum atomic E-state index is -2.08. The van der Waals surface area contributed by atoms with Crippen LogP contribution in [0.5, 0.6) is 11.5 Å². The highest BCUT2D eigenvalue weighted by molar-refractivity contribution is 9.10. The Kier molecular flexibility index (Phi) is 7.09. The van der Waals surface area contributed by atoms with Gasteiger partial charge < -0.3 is 14.9 Å². The minimum absolute atomic E-state index is 0.0808. The van der Waals surface area contributed by atoms with Crippen molar-refractivity contribution in [2.24, 2.45) is 17.8 Å². The lowest BCUT2D eigenvalue weighted by Gasteiger charge is -2.50. The number of carbonyl (C=O) groups is 5. The Hall–Kier alpha value is -2.15. The Morgan fingerprint density at radius 3 is 2.44 bits per heavy atom. The lowest BCUT2D eigenvalue weighted by atomic mass is 9.56. The number of rotatable bonds is 6. The van der Waals surface area contributed by atoms with E-state index in [-0.39, 0.29) is 41.9 Å². The van der Waals surface area contributed by atoms with E-state index in [0.29, 0.717) is 10.0 Å². The maximum Gasteiger partial charge on any atom is 0.305 e. The van der Waals surface area contributed by atoms with Gasteiger partial charge in [0, 0.05) is 22.5 Å². The standard InChI is InChI=1S/C25H22Br2Cl2N2O8/c1-39-15-7-10(27)6-13(19(15)34)18-11-2-3-12-17(21(36)30(20(12)35)5-4-16(32)33)14(11)8-24(28)22(37)31(9-26)23(38)25(18,24)29/h2,6-7,12,14,17-18,34H,3-5,8-9H2,1H3,(H,32,33)/t12-,14+,17-,18+,24+,25-/m0/s1. The molecule has 1 aromatic carbocycles. The summed E-state index contributed by atoms with van der Waals surface area (Å²) in [4.78, 5) is 63.1. The number of halogens is 4. The normalized spacial score (nSPS) is 33.6. The van der Waals surface area contributed by atoms with Crippen LogP contribution < -0.4 is 4.74 Å². The molecular weight excluding hydrogens is 687 g/mol. The van der Waals surface area contributed by atoms with Gasteiger partial charge >= 0.3 is 5.97 Å². The number of alkyl halides is 3. The van der Waals surface area contributed by atoms with Gasteiger partial charge in [-0.2, -0.15) is 0 Å². The van der Waals surface area contributed by atoms with Crippen LogP contribution in [0.2, 0.25) is 0 Å². The number of hydrogen-bond acceptors (Lipinski definition) is 7. The second kappa shape index (κ2) is 9.74. The van der Waals surface area contributed by atoms with Crippen LogP contribution in [-0.4, -0.2) is 78.5 Å². The lowest BCUT2D eigenvalue weighted by Crippen LogP contribution is -2.60. The molecule has 5 rings (SSSR count). The zero-order valence-corrected chi connectivity index (χ0v) is 25.0. The number of imide groups is 2. The number of amides is 4. The van der Waals surface area contributed by atoms with Crippen LogP contribution in [0.1, 0.15) is 30.7 Å². The molecule has 2 saturated heterocycles. The molecule has 4 aliphatic rings. The predicted molar refractivity (Wildman–Crippen MR) is 145 cm³/mol. The molecule has 0 bridgehead atoms. The smallest absolute Gasteiger partial charge is 0.305 e. The number of carbonyl (C=O) groups excluding carboxylic acids is 4.